The number of carbonyl (C=O) groups excluding carboxylic acids is 1. The number of benzene rings is 2. The van der Waals surface area contributed by atoms with E-state index in [1.54, 1.807) is 11.0 Å². The molecule has 0 aliphatic carbocycles. The third kappa shape index (κ3) is 3.44. The number of hydrogen-bond donors (Lipinski definition) is 0. The number of nitrogens with zero attached hydrogens (tertiary/aromatic N) is 2. The molecule has 2 aromatic rings. The lowest BCUT2D eigenvalue weighted by molar-refractivity contribution is 0.0984. The van der Waals surface area contributed by atoms with Gasteiger partial charge in [0.1, 0.15) is 10.6 Å². The second-order valence-electron chi connectivity index (χ2n) is 6.80. The highest BCUT2D eigenvalue weighted by Crippen LogP contribution is 2.33. The average molecular weight is 388 g/mol. The molecule has 0 fully saturated rings. The van der Waals surface area contributed by atoms with Gasteiger partial charge in [-0.25, -0.2) is 12.7 Å². The molecule has 0 N–H and O–H groups in total. The molecule has 1 amide bonds. The third-order valence-corrected chi connectivity index (χ3v) is 6.67. The van der Waals surface area contributed by atoms with Gasteiger partial charge >= 0.3 is 0 Å². The maximum Gasteiger partial charge on any atom is 0.258 e. The van der Waals surface area contributed by atoms with E-state index in [1.807, 2.05) is 25.1 Å². The number of aryl methyl sites for hydroxylation is 2. The highest BCUT2D eigenvalue weighted by molar-refractivity contribution is 7.89. The number of methoxy groups -OCH3 is 1. The van der Waals surface area contributed by atoms with Gasteiger partial charge in [0.2, 0.25) is 10.0 Å². The van der Waals surface area contributed by atoms with E-state index in [-0.39, 0.29) is 16.6 Å². The van der Waals surface area contributed by atoms with Gasteiger partial charge in [0.25, 0.3) is 5.91 Å². The molecular weight excluding hydrogens is 364 g/mol. The van der Waals surface area contributed by atoms with Crippen molar-refractivity contribution >= 4 is 21.6 Å². The van der Waals surface area contributed by atoms with E-state index in [0.717, 1.165) is 34.0 Å². The maximum atomic E-state index is 13.2. The monoisotopic (exact) mass is 388 g/mol. The van der Waals surface area contributed by atoms with E-state index >= 15 is 0 Å². The summed E-state index contributed by atoms with van der Waals surface area (Å²) in [6.07, 6.45) is 1.81. The molecule has 27 heavy (non-hydrogen) atoms. The minimum atomic E-state index is -3.74. The molecule has 0 atom stereocenters. The Hall–Kier alpha value is -2.38. The van der Waals surface area contributed by atoms with Gasteiger partial charge in [0, 0.05) is 26.2 Å². The molecule has 1 aliphatic heterocycles. The van der Waals surface area contributed by atoms with E-state index in [1.165, 1.54) is 33.3 Å². The van der Waals surface area contributed by atoms with Crippen LogP contribution in [0.5, 0.6) is 5.75 Å². The number of para-hydroxylation sites is 1. The van der Waals surface area contributed by atoms with Gasteiger partial charge in [-0.3, -0.25) is 4.79 Å². The van der Waals surface area contributed by atoms with Gasteiger partial charge in [0.15, 0.2) is 0 Å². The number of carbonyl (C=O) groups is 1. The number of hydrogen-bond acceptors (Lipinski definition) is 4. The zero-order chi connectivity index (χ0) is 19.8. The first-order valence-corrected chi connectivity index (χ1v) is 10.2. The van der Waals surface area contributed by atoms with E-state index in [9.17, 15) is 13.2 Å². The molecule has 0 spiro atoms. The summed E-state index contributed by atoms with van der Waals surface area (Å²) in [7, 11) is 0.579. The number of anilines is 1. The molecule has 0 radical (unpaired) electrons. The summed E-state index contributed by atoms with van der Waals surface area (Å²) < 4.78 is 31.6. The normalized spacial score (nSPS) is 14.2. The Kier molecular flexibility index (Phi) is 5.26. The molecular formula is C20H24N2O4S. The number of ether oxygens (including phenoxy) is 1. The van der Waals surface area contributed by atoms with Crippen molar-refractivity contribution in [1.29, 1.82) is 0 Å². The van der Waals surface area contributed by atoms with Crippen molar-refractivity contribution in [3.8, 4) is 5.75 Å². The highest BCUT2D eigenvalue weighted by atomic mass is 32.2. The van der Waals surface area contributed by atoms with Crippen LogP contribution in [0.1, 0.15) is 27.9 Å². The minimum Gasteiger partial charge on any atom is -0.495 e. The van der Waals surface area contributed by atoms with E-state index < -0.39 is 10.0 Å². The standard InChI is InChI=1S/C20H24N2O4S/c1-14-7-5-8-15-9-6-12-22(19(14)15)20(23)16-10-11-17(26-4)18(13-16)27(24,25)21(2)3/h5,7-8,10-11,13H,6,9,12H2,1-4H3. The Bertz CT molecular complexity index is 983. The fourth-order valence-electron chi connectivity index (χ4n) is 3.41. The molecule has 7 heteroatoms. The van der Waals surface area contributed by atoms with Crippen LogP contribution in [0.25, 0.3) is 0 Å². The minimum absolute atomic E-state index is 0.0112. The van der Waals surface area contributed by atoms with E-state index in [0.29, 0.717) is 12.1 Å². The smallest absolute Gasteiger partial charge is 0.258 e. The maximum absolute atomic E-state index is 13.2. The lowest BCUT2D eigenvalue weighted by Gasteiger charge is -2.31. The molecule has 0 unspecified atom stereocenters. The van der Waals surface area contributed by atoms with Crippen molar-refractivity contribution in [3.05, 3.63) is 53.1 Å². The Labute approximate surface area is 160 Å². The van der Waals surface area contributed by atoms with Crippen LogP contribution in [0.15, 0.2) is 41.3 Å². The van der Waals surface area contributed by atoms with Crippen molar-refractivity contribution in [3.63, 3.8) is 0 Å². The quantitative estimate of drug-likeness (QED) is 0.808. The first kappa shape index (κ1) is 19.4. The van der Waals surface area contributed by atoms with Gasteiger partial charge in [-0.2, -0.15) is 0 Å². The molecule has 0 saturated carbocycles. The van der Waals surface area contributed by atoms with Crippen LogP contribution in [-0.2, 0) is 16.4 Å². The molecule has 1 aliphatic rings. The molecule has 0 saturated heterocycles. The summed E-state index contributed by atoms with van der Waals surface area (Å²) in [5, 5.41) is 0. The van der Waals surface area contributed by atoms with Crippen LogP contribution in [-0.4, -0.2) is 46.4 Å². The number of sulfonamides is 1. The SMILES string of the molecule is COc1ccc(C(=O)N2CCCc3cccc(C)c32)cc1S(=O)(=O)N(C)C. The zero-order valence-electron chi connectivity index (χ0n) is 16.0. The first-order chi connectivity index (χ1) is 12.8. The van der Waals surface area contributed by atoms with Crippen LogP contribution in [0, 0.1) is 6.92 Å². The third-order valence-electron chi connectivity index (χ3n) is 4.83. The fourth-order valence-corrected chi connectivity index (χ4v) is 4.49. The summed E-state index contributed by atoms with van der Waals surface area (Å²) in [6, 6.07) is 10.6. The number of amides is 1. The van der Waals surface area contributed by atoms with E-state index in [4.69, 9.17) is 4.74 Å². The van der Waals surface area contributed by atoms with Gasteiger partial charge in [-0.05, 0) is 49.1 Å². The molecule has 3 rings (SSSR count). The molecule has 2 aromatic carbocycles. The second-order valence-corrected chi connectivity index (χ2v) is 8.92. The van der Waals surface area contributed by atoms with Crippen molar-refractivity contribution in [2.75, 3.05) is 32.6 Å². The lowest BCUT2D eigenvalue weighted by atomic mass is 9.97. The van der Waals surface area contributed by atoms with Gasteiger partial charge in [0.05, 0.1) is 12.8 Å². The number of rotatable bonds is 4. The second kappa shape index (κ2) is 7.32. The van der Waals surface area contributed by atoms with Crippen molar-refractivity contribution in [2.24, 2.45) is 0 Å². The largest absolute Gasteiger partial charge is 0.495 e. The topological polar surface area (TPSA) is 66.9 Å². The van der Waals surface area contributed by atoms with Crippen molar-refractivity contribution in [2.45, 2.75) is 24.7 Å². The van der Waals surface area contributed by atoms with Gasteiger partial charge in [-0.15, -0.1) is 0 Å². The van der Waals surface area contributed by atoms with Crippen LogP contribution in [0.3, 0.4) is 0 Å². The van der Waals surface area contributed by atoms with Crippen molar-refractivity contribution in [1.82, 2.24) is 4.31 Å². The summed E-state index contributed by atoms with van der Waals surface area (Å²) in [5.41, 5.74) is 3.44. The molecule has 1 heterocycles. The van der Waals surface area contributed by atoms with Crippen LogP contribution >= 0.6 is 0 Å². The average Bonchev–Trinajstić information content (AvgIpc) is 2.66. The number of fused-ring (bicyclic) bond motifs is 1. The summed E-state index contributed by atoms with van der Waals surface area (Å²) in [6.45, 7) is 2.60. The fraction of sp³-hybridized carbons (Fsp3) is 0.350. The Morgan fingerprint density at radius 1 is 1.19 bits per heavy atom. The predicted octanol–water partition coefficient (Wildman–Crippen LogP) is 2.85. The summed E-state index contributed by atoms with van der Waals surface area (Å²) in [4.78, 5) is 15.0. The van der Waals surface area contributed by atoms with Gasteiger partial charge in [-0.1, -0.05) is 18.2 Å². The van der Waals surface area contributed by atoms with E-state index in [2.05, 4.69) is 0 Å². The van der Waals surface area contributed by atoms with Crippen LogP contribution in [0.4, 0.5) is 5.69 Å². The molecule has 0 aromatic heterocycles. The molecule has 0 bridgehead atoms. The first-order valence-electron chi connectivity index (χ1n) is 8.78. The predicted molar refractivity (Wildman–Crippen MR) is 105 cm³/mol. The Morgan fingerprint density at radius 3 is 2.59 bits per heavy atom. The van der Waals surface area contributed by atoms with Crippen LogP contribution < -0.4 is 9.64 Å². The van der Waals surface area contributed by atoms with Gasteiger partial charge < -0.3 is 9.64 Å². The van der Waals surface area contributed by atoms with Crippen molar-refractivity contribution < 1.29 is 17.9 Å². The van der Waals surface area contributed by atoms with Crippen LogP contribution in [0.2, 0.25) is 0 Å². The Morgan fingerprint density at radius 2 is 1.93 bits per heavy atom. The summed E-state index contributed by atoms with van der Waals surface area (Å²) in [5.74, 6) is 0.0126. The molecule has 144 valence electrons. The highest BCUT2D eigenvalue weighted by Gasteiger charge is 2.28. The summed E-state index contributed by atoms with van der Waals surface area (Å²) >= 11 is 0. The zero-order valence-corrected chi connectivity index (χ0v) is 16.8. The lowest BCUT2D eigenvalue weighted by Crippen LogP contribution is -2.36. The Balaban J connectivity index is 2.08. The molecule has 6 nitrogen and oxygen atoms in total.